The van der Waals surface area contributed by atoms with Gasteiger partial charge in [-0.15, -0.1) is 0 Å². The van der Waals surface area contributed by atoms with Crippen LogP contribution in [-0.2, 0) is 0 Å². The summed E-state index contributed by atoms with van der Waals surface area (Å²) in [5, 5.41) is 18.8. The summed E-state index contributed by atoms with van der Waals surface area (Å²) in [7, 11) is 0. The van der Waals surface area contributed by atoms with Gasteiger partial charge in [-0.25, -0.2) is 0 Å². The lowest BCUT2D eigenvalue weighted by Crippen LogP contribution is -2.21. The molecule has 0 radical (unpaired) electrons. The Morgan fingerprint density at radius 3 is 2.93 bits per heavy atom. The van der Waals surface area contributed by atoms with Crippen molar-refractivity contribution in [3.05, 3.63) is 30.5 Å². The molecule has 4 heteroatoms. The van der Waals surface area contributed by atoms with Gasteiger partial charge in [0.1, 0.15) is 18.5 Å². The summed E-state index contributed by atoms with van der Waals surface area (Å²) in [4.78, 5) is 3.06. The predicted octanol–water partition coefficient (Wildman–Crippen LogP) is 0.900. The first kappa shape index (κ1) is 10.0. The van der Waals surface area contributed by atoms with Gasteiger partial charge in [0.05, 0.1) is 6.61 Å². The van der Waals surface area contributed by atoms with Crippen LogP contribution in [0.3, 0.4) is 0 Å². The van der Waals surface area contributed by atoms with E-state index in [-0.39, 0.29) is 13.2 Å². The Morgan fingerprint density at radius 1 is 1.33 bits per heavy atom. The Labute approximate surface area is 87.1 Å². The number of aliphatic hydroxyl groups excluding tert-OH is 2. The van der Waals surface area contributed by atoms with E-state index in [0.29, 0.717) is 5.75 Å². The highest BCUT2D eigenvalue weighted by atomic mass is 16.5. The second kappa shape index (κ2) is 4.33. The molecule has 0 saturated heterocycles. The van der Waals surface area contributed by atoms with Gasteiger partial charge in [0, 0.05) is 17.1 Å². The summed E-state index contributed by atoms with van der Waals surface area (Å²) in [6.07, 6.45) is 0.910. The molecule has 0 spiro atoms. The number of rotatable bonds is 4. The van der Waals surface area contributed by atoms with Gasteiger partial charge in [-0.2, -0.15) is 0 Å². The van der Waals surface area contributed by atoms with E-state index in [9.17, 15) is 0 Å². The lowest BCUT2D eigenvalue weighted by molar-refractivity contribution is 0.0541. The van der Waals surface area contributed by atoms with Gasteiger partial charge >= 0.3 is 0 Å². The first-order valence-electron chi connectivity index (χ1n) is 4.79. The van der Waals surface area contributed by atoms with E-state index in [1.807, 2.05) is 24.3 Å². The Morgan fingerprint density at radius 2 is 2.13 bits per heavy atom. The molecule has 0 saturated carbocycles. The van der Waals surface area contributed by atoms with Gasteiger partial charge in [0.2, 0.25) is 0 Å². The topological polar surface area (TPSA) is 65.5 Å². The number of hydrogen-bond donors (Lipinski definition) is 3. The maximum absolute atomic E-state index is 9.14. The molecule has 15 heavy (non-hydrogen) atoms. The van der Waals surface area contributed by atoms with E-state index in [4.69, 9.17) is 14.9 Å². The predicted molar refractivity (Wildman–Crippen MR) is 56.9 cm³/mol. The van der Waals surface area contributed by atoms with Gasteiger partial charge in [0.15, 0.2) is 0 Å². The SMILES string of the molecule is OC[C@@H](O)COc1c[nH]c2ccccc12. The fourth-order valence-corrected chi connectivity index (χ4v) is 1.40. The standard InChI is InChI=1S/C11H13NO3/c13-6-8(14)7-15-11-5-12-10-4-2-1-3-9(10)11/h1-5,8,12-14H,6-7H2/t8-/m1/s1. The van der Waals surface area contributed by atoms with Crippen LogP contribution in [0, 0.1) is 0 Å². The number of ether oxygens (including phenoxy) is 1. The third-order valence-corrected chi connectivity index (χ3v) is 2.19. The van der Waals surface area contributed by atoms with E-state index in [1.165, 1.54) is 0 Å². The maximum Gasteiger partial charge on any atom is 0.144 e. The van der Waals surface area contributed by atoms with E-state index >= 15 is 0 Å². The quantitative estimate of drug-likeness (QED) is 0.697. The van der Waals surface area contributed by atoms with Gasteiger partial charge in [0.25, 0.3) is 0 Å². The normalized spacial score (nSPS) is 12.9. The van der Waals surface area contributed by atoms with Crippen LogP contribution in [0.2, 0.25) is 0 Å². The van der Waals surface area contributed by atoms with Crippen molar-refractivity contribution in [2.24, 2.45) is 0 Å². The van der Waals surface area contributed by atoms with E-state index < -0.39 is 6.10 Å². The van der Waals surface area contributed by atoms with Gasteiger partial charge in [-0.05, 0) is 12.1 Å². The summed E-state index contributed by atoms with van der Waals surface area (Å²) in [6.45, 7) is -0.194. The molecule has 0 aliphatic carbocycles. The molecule has 4 nitrogen and oxygen atoms in total. The number of H-pyrrole nitrogens is 1. The fraction of sp³-hybridized carbons (Fsp3) is 0.273. The molecule has 0 bridgehead atoms. The third-order valence-electron chi connectivity index (χ3n) is 2.19. The Balaban J connectivity index is 2.14. The number of aliphatic hydroxyl groups is 2. The van der Waals surface area contributed by atoms with E-state index in [0.717, 1.165) is 10.9 Å². The molecular formula is C11H13NO3. The summed E-state index contributed by atoms with van der Waals surface area (Å²) in [5.74, 6) is 0.693. The van der Waals surface area contributed by atoms with Crippen LogP contribution in [0.25, 0.3) is 10.9 Å². The fourth-order valence-electron chi connectivity index (χ4n) is 1.40. The molecule has 2 rings (SSSR count). The molecule has 0 fully saturated rings. The number of benzene rings is 1. The second-order valence-corrected chi connectivity index (χ2v) is 3.35. The average molecular weight is 207 g/mol. The highest BCUT2D eigenvalue weighted by Crippen LogP contribution is 2.24. The van der Waals surface area contributed by atoms with Crippen LogP contribution in [0.1, 0.15) is 0 Å². The monoisotopic (exact) mass is 207 g/mol. The molecule has 0 aliphatic rings. The summed E-state index contributed by atoms with van der Waals surface area (Å²) in [5.41, 5.74) is 0.992. The van der Waals surface area contributed by atoms with Crippen LogP contribution < -0.4 is 4.74 Å². The molecule has 1 aromatic heterocycles. The zero-order valence-electron chi connectivity index (χ0n) is 8.18. The zero-order valence-corrected chi connectivity index (χ0v) is 8.18. The maximum atomic E-state index is 9.14. The van der Waals surface area contributed by atoms with Crippen LogP contribution in [0.5, 0.6) is 5.75 Å². The minimum absolute atomic E-state index is 0.0956. The molecule has 1 aromatic carbocycles. The molecule has 0 aliphatic heterocycles. The molecule has 2 aromatic rings. The summed E-state index contributed by atoms with van der Waals surface area (Å²) < 4.78 is 5.37. The molecule has 3 N–H and O–H groups in total. The van der Waals surface area contributed by atoms with Gasteiger partial charge < -0.3 is 19.9 Å². The van der Waals surface area contributed by atoms with E-state index in [1.54, 1.807) is 6.20 Å². The minimum Gasteiger partial charge on any atom is -0.489 e. The van der Waals surface area contributed by atoms with Crippen molar-refractivity contribution in [2.45, 2.75) is 6.10 Å². The Hall–Kier alpha value is -1.52. The van der Waals surface area contributed by atoms with Crippen molar-refractivity contribution in [2.75, 3.05) is 13.2 Å². The molecular weight excluding hydrogens is 194 g/mol. The van der Waals surface area contributed by atoms with Crippen molar-refractivity contribution in [3.63, 3.8) is 0 Å². The van der Waals surface area contributed by atoms with Crippen LogP contribution in [0.4, 0.5) is 0 Å². The average Bonchev–Trinajstić information content (AvgIpc) is 2.69. The molecule has 1 atom stereocenters. The molecule has 0 unspecified atom stereocenters. The highest BCUT2D eigenvalue weighted by molar-refractivity contribution is 5.85. The summed E-state index contributed by atoms with van der Waals surface area (Å²) >= 11 is 0. The smallest absolute Gasteiger partial charge is 0.144 e. The first-order chi connectivity index (χ1) is 7.31. The molecule has 0 amide bonds. The van der Waals surface area contributed by atoms with Crippen molar-refractivity contribution >= 4 is 10.9 Å². The Kier molecular flexibility index (Phi) is 2.89. The lowest BCUT2D eigenvalue weighted by Gasteiger charge is -2.08. The second-order valence-electron chi connectivity index (χ2n) is 3.35. The Bertz CT molecular complexity index is 438. The number of para-hydroxylation sites is 1. The van der Waals surface area contributed by atoms with Crippen LogP contribution in [0.15, 0.2) is 30.5 Å². The summed E-state index contributed by atoms with van der Waals surface area (Å²) in [6, 6.07) is 7.74. The van der Waals surface area contributed by atoms with E-state index in [2.05, 4.69) is 4.98 Å². The highest BCUT2D eigenvalue weighted by Gasteiger charge is 2.06. The van der Waals surface area contributed by atoms with Crippen molar-refractivity contribution in [3.8, 4) is 5.75 Å². The largest absolute Gasteiger partial charge is 0.489 e. The minimum atomic E-state index is -0.835. The number of nitrogens with one attached hydrogen (secondary N) is 1. The number of aromatic nitrogens is 1. The van der Waals surface area contributed by atoms with Gasteiger partial charge in [-0.1, -0.05) is 12.1 Å². The number of fused-ring (bicyclic) bond motifs is 1. The molecule has 80 valence electrons. The van der Waals surface area contributed by atoms with Crippen molar-refractivity contribution in [1.82, 2.24) is 4.98 Å². The molecule has 1 heterocycles. The zero-order chi connectivity index (χ0) is 10.7. The number of hydrogen-bond acceptors (Lipinski definition) is 3. The third kappa shape index (κ3) is 2.11. The first-order valence-corrected chi connectivity index (χ1v) is 4.79. The van der Waals surface area contributed by atoms with Crippen molar-refractivity contribution < 1.29 is 14.9 Å². The van der Waals surface area contributed by atoms with Crippen molar-refractivity contribution in [1.29, 1.82) is 0 Å². The van der Waals surface area contributed by atoms with Crippen LogP contribution in [-0.4, -0.2) is 34.5 Å². The van der Waals surface area contributed by atoms with Gasteiger partial charge in [-0.3, -0.25) is 0 Å². The lowest BCUT2D eigenvalue weighted by atomic mass is 10.2. The van der Waals surface area contributed by atoms with Crippen LogP contribution >= 0.6 is 0 Å². The number of aromatic amines is 1.